The van der Waals surface area contributed by atoms with Crippen molar-refractivity contribution in [1.29, 1.82) is 0 Å². The summed E-state index contributed by atoms with van der Waals surface area (Å²) in [4.78, 5) is 0.596. The van der Waals surface area contributed by atoms with Crippen LogP contribution in [0.1, 0.15) is 20.1 Å². The van der Waals surface area contributed by atoms with Gasteiger partial charge < -0.3 is 34.5 Å². The number of rotatable bonds is 6. The fourth-order valence-corrected chi connectivity index (χ4v) is 4.86. The Hall–Kier alpha value is -2.21. The minimum Gasteiger partial charge on any atom is -0.491 e. The summed E-state index contributed by atoms with van der Waals surface area (Å²) in [6, 6.07) is 8.76. The maximum atomic E-state index is 14.8. The largest absolute Gasteiger partial charge is 0.491 e. The van der Waals surface area contributed by atoms with Crippen molar-refractivity contribution in [2.45, 2.75) is 60.4 Å². The van der Waals surface area contributed by atoms with Crippen LogP contribution in [0.25, 0.3) is 10.9 Å². The predicted octanol–water partition coefficient (Wildman–Crippen LogP) is 2.83. The molecule has 2 heterocycles. The van der Waals surface area contributed by atoms with Crippen molar-refractivity contribution in [2.75, 3.05) is 6.61 Å². The van der Waals surface area contributed by atoms with Crippen LogP contribution in [0.4, 0.5) is 8.78 Å². The Kier molecular flexibility index (Phi) is 6.94. The van der Waals surface area contributed by atoms with E-state index in [1.165, 1.54) is 35.0 Å². The number of hydrogen-bond donors (Lipinski definition) is 4. The van der Waals surface area contributed by atoms with Crippen LogP contribution in [-0.2, 0) is 4.74 Å². The highest BCUT2D eigenvalue weighted by Gasteiger charge is 2.44. The van der Waals surface area contributed by atoms with E-state index in [1.54, 1.807) is 12.1 Å². The highest BCUT2D eigenvalue weighted by atomic mass is 32.2. The van der Waals surface area contributed by atoms with Gasteiger partial charge >= 0.3 is 0 Å². The summed E-state index contributed by atoms with van der Waals surface area (Å²) < 4.78 is 42.1. The van der Waals surface area contributed by atoms with Crippen LogP contribution >= 0.6 is 11.8 Å². The topological polar surface area (TPSA) is 104 Å². The van der Waals surface area contributed by atoms with Gasteiger partial charge in [0.15, 0.2) is 6.23 Å². The van der Waals surface area contributed by atoms with Gasteiger partial charge in [-0.3, -0.25) is 0 Å². The quantitative estimate of drug-likeness (QED) is 0.429. The van der Waals surface area contributed by atoms with Crippen molar-refractivity contribution in [1.82, 2.24) is 4.57 Å². The fourth-order valence-electron chi connectivity index (χ4n) is 3.86. The summed E-state index contributed by atoms with van der Waals surface area (Å²) in [6.07, 6.45) is -5.63. The maximum absolute atomic E-state index is 14.8. The first-order valence-corrected chi connectivity index (χ1v) is 11.3. The Morgan fingerprint density at radius 1 is 1.03 bits per heavy atom. The molecule has 4 rings (SSSR count). The molecule has 1 saturated heterocycles. The first kappa shape index (κ1) is 23.9. The second-order valence-electron chi connectivity index (χ2n) is 8.11. The monoisotopic (exact) mass is 481 g/mol. The zero-order valence-corrected chi connectivity index (χ0v) is 18.7. The molecule has 4 N–H and O–H groups in total. The van der Waals surface area contributed by atoms with E-state index < -0.39 is 48.9 Å². The van der Waals surface area contributed by atoms with E-state index in [4.69, 9.17) is 9.47 Å². The Morgan fingerprint density at radius 2 is 1.79 bits per heavy atom. The van der Waals surface area contributed by atoms with E-state index in [1.807, 2.05) is 13.8 Å². The second-order valence-corrected chi connectivity index (χ2v) is 9.20. The number of aromatic nitrogens is 1. The molecular weight excluding hydrogens is 456 g/mol. The summed E-state index contributed by atoms with van der Waals surface area (Å²) in [5.41, 5.74) is 0.335. The van der Waals surface area contributed by atoms with Crippen LogP contribution in [-0.4, -0.2) is 62.1 Å². The highest BCUT2D eigenvalue weighted by molar-refractivity contribution is 7.99. The number of aliphatic hydroxyl groups is 4. The van der Waals surface area contributed by atoms with E-state index >= 15 is 0 Å². The normalized spacial score (nSPS) is 25.7. The van der Waals surface area contributed by atoms with Gasteiger partial charge in [-0.05, 0) is 38.1 Å². The van der Waals surface area contributed by atoms with Gasteiger partial charge in [0.05, 0.1) is 18.2 Å². The lowest BCUT2D eigenvalue weighted by Gasteiger charge is -2.40. The average Bonchev–Trinajstić information content (AvgIpc) is 3.13. The summed E-state index contributed by atoms with van der Waals surface area (Å²) in [7, 11) is 0. The molecule has 0 saturated carbocycles. The summed E-state index contributed by atoms with van der Waals surface area (Å²) in [5.74, 6) is -0.719. The number of nitrogens with zero attached hydrogens (tertiary/aromatic N) is 1. The van der Waals surface area contributed by atoms with Gasteiger partial charge in [-0.15, -0.1) is 0 Å². The first-order valence-electron chi connectivity index (χ1n) is 10.4. The van der Waals surface area contributed by atoms with Gasteiger partial charge in [0.25, 0.3) is 0 Å². The number of fused-ring (bicyclic) bond motifs is 1. The SMILES string of the molecule is CC(C)Oc1ccc(Sc2cn([C@@H]3O[C@H](CO)[C@@H](O)[C@H](O)[C@H]3O)c3cccc(F)c23)c(F)c1. The predicted molar refractivity (Wildman–Crippen MR) is 117 cm³/mol. The first-order chi connectivity index (χ1) is 15.7. The van der Waals surface area contributed by atoms with Crippen molar-refractivity contribution in [3.8, 4) is 5.75 Å². The van der Waals surface area contributed by atoms with Gasteiger partial charge in [-0.25, -0.2) is 8.78 Å². The molecule has 10 heteroatoms. The molecule has 1 aliphatic rings. The van der Waals surface area contributed by atoms with Gasteiger partial charge in [0, 0.05) is 27.4 Å². The number of benzene rings is 2. The zero-order chi connectivity index (χ0) is 23.9. The zero-order valence-electron chi connectivity index (χ0n) is 17.9. The van der Waals surface area contributed by atoms with E-state index in [-0.39, 0.29) is 16.4 Å². The fraction of sp³-hybridized carbons (Fsp3) is 0.391. The van der Waals surface area contributed by atoms with Gasteiger partial charge in [-0.1, -0.05) is 17.8 Å². The lowest BCUT2D eigenvalue weighted by atomic mass is 9.98. The Morgan fingerprint density at radius 3 is 2.45 bits per heavy atom. The molecule has 0 unspecified atom stereocenters. The lowest BCUT2D eigenvalue weighted by Crippen LogP contribution is -2.56. The minimum atomic E-state index is -1.59. The third-order valence-corrected chi connectivity index (χ3v) is 6.49. The van der Waals surface area contributed by atoms with Crippen LogP contribution in [0.3, 0.4) is 0 Å². The molecule has 0 amide bonds. The molecule has 178 valence electrons. The lowest BCUT2D eigenvalue weighted by molar-refractivity contribution is -0.250. The van der Waals surface area contributed by atoms with Gasteiger partial charge in [0.1, 0.15) is 41.8 Å². The van der Waals surface area contributed by atoms with Crippen LogP contribution in [0.2, 0.25) is 0 Å². The van der Waals surface area contributed by atoms with Crippen molar-refractivity contribution in [2.24, 2.45) is 0 Å². The summed E-state index contributed by atoms with van der Waals surface area (Å²) in [6.45, 7) is 3.07. The summed E-state index contributed by atoms with van der Waals surface area (Å²) >= 11 is 0.990. The number of hydrogen-bond acceptors (Lipinski definition) is 7. The molecule has 5 atom stereocenters. The molecule has 33 heavy (non-hydrogen) atoms. The number of halogens is 2. The third-order valence-electron chi connectivity index (χ3n) is 5.41. The third kappa shape index (κ3) is 4.59. The summed E-state index contributed by atoms with van der Waals surface area (Å²) in [5, 5.41) is 40.5. The van der Waals surface area contributed by atoms with Crippen LogP contribution in [0, 0.1) is 11.6 Å². The molecular formula is C23H25F2NO6S. The molecule has 0 spiro atoms. The van der Waals surface area contributed by atoms with Gasteiger partial charge in [0.2, 0.25) is 0 Å². The molecule has 2 aromatic carbocycles. The number of ether oxygens (including phenoxy) is 2. The van der Waals surface area contributed by atoms with E-state index in [9.17, 15) is 29.2 Å². The second kappa shape index (κ2) is 9.57. The van der Waals surface area contributed by atoms with Crippen LogP contribution < -0.4 is 4.74 Å². The Balaban J connectivity index is 1.74. The van der Waals surface area contributed by atoms with Crippen molar-refractivity contribution in [3.05, 3.63) is 54.2 Å². The minimum absolute atomic E-state index is 0.117. The molecule has 1 aromatic heterocycles. The molecule has 1 aliphatic heterocycles. The van der Waals surface area contributed by atoms with Crippen molar-refractivity contribution in [3.63, 3.8) is 0 Å². The van der Waals surface area contributed by atoms with E-state index in [2.05, 4.69) is 0 Å². The molecule has 7 nitrogen and oxygen atoms in total. The van der Waals surface area contributed by atoms with E-state index in [0.717, 1.165) is 11.8 Å². The van der Waals surface area contributed by atoms with Crippen LogP contribution in [0.15, 0.2) is 52.4 Å². The highest BCUT2D eigenvalue weighted by Crippen LogP contribution is 2.41. The smallest absolute Gasteiger partial charge is 0.163 e. The molecule has 0 radical (unpaired) electrons. The van der Waals surface area contributed by atoms with Gasteiger partial charge in [-0.2, -0.15) is 0 Å². The standard InChI is InChI=1S/C23H25F2NO6S/c1-11(2)31-12-6-7-17(14(25)8-12)33-18-9-26(15-5-3-4-13(24)19(15)18)23-22(30)21(29)20(28)16(10-27)32-23/h3-9,11,16,20-23,27-30H,10H2,1-2H3/t16-,20-,21+,22-,23-/m1/s1. The molecule has 0 bridgehead atoms. The number of aliphatic hydroxyl groups excluding tert-OH is 4. The average molecular weight is 482 g/mol. The molecule has 0 aliphatic carbocycles. The van der Waals surface area contributed by atoms with Crippen molar-refractivity contribution < 1.29 is 38.7 Å². The Labute approximate surface area is 193 Å². The van der Waals surface area contributed by atoms with E-state index in [0.29, 0.717) is 16.2 Å². The Bertz CT molecular complexity index is 1140. The molecule has 1 fully saturated rings. The molecule has 3 aromatic rings. The maximum Gasteiger partial charge on any atom is 0.163 e. The van der Waals surface area contributed by atoms with Crippen LogP contribution in [0.5, 0.6) is 5.75 Å². The van der Waals surface area contributed by atoms with Crippen molar-refractivity contribution >= 4 is 22.7 Å².